The Morgan fingerprint density at radius 3 is 2.84 bits per heavy atom. The van der Waals surface area contributed by atoms with Gasteiger partial charge < -0.3 is 10.6 Å². The lowest BCUT2D eigenvalue weighted by atomic mass is 10.4. The smallest absolute Gasteiger partial charge is 0.221 e. The number of amides is 1. The van der Waals surface area contributed by atoms with Crippen LogP contribution >= 0.6 is 24.8 Å². The molecule has 1 amide bonds. The predicted octanol–water partition coefficient (Wildman–Crippen LogP) is 0.799. The number of nitrogens with one attached hydrogen (secondary N) is 2. The lowest BCUT2D eigenvalue weighted by molar-refractivity contribution is -0.121. The Morgan fingerprint density at radius 2 is 2.11 bits per heavy atom. The second kappa shape index (κ2) is 8.68. The summed E-state index contributed by atoms with van der Waals surface area (Å²) >= 11 is 0. The number of fused-ring (bicyclic) bond motifs is 1. The molecule has 0 aliphatic heterocycles. The molecule has 19 heavy (non-hydrogen) atoms. The summed E-state index contributed by atoms with van der Waals surface area (Å²) in [5, 5.41) is 13.8. The summed E-state index contributed by atoms with van der Waals surface area (Å²) in [7, 11) is 1.82. The number of carbonyl (C=O) groups is 1. The van der Waals surface area contributed by atoms with E-state index in [1.807, 2.05) is 35.8 Å². The zero-order chi connectivity index (χ0) is 12.1. The average molecular weight is 306 g/mol. The number of rotatable bonds is 5. The maximum absolute atomic E-state index is 11.4. The Balaban J connectivity index is 0.00000162. The van der Waals surface area contributed by atoms with Gasteiger partial charge in [-0.1, -0.05) is 6.07 Å². The SMILES string of the molecule is CNCCC(=O)NCc1nnc2ccccn12.Cl.Cl. The minimum Gasteiger partial charge on any atom is -0.349 e. The van der Waals surface area contributed by atoms with Crippen LogP contribution in [-0.2, 0) is 11.3 Å². The van der Waals surface area contributed by atoms with Crippen LogP contribution in [0.3, 0.4) is 0 Å². The van der Waals surface area contributed by atoms with E-state index in [0.29, 0.717) is 19.5 Å². The number of pyridine rings is 1. The lowest BCUT2D eigenvalue weighted by Gasteiger charge is -2.03. The lowest BCUT2D eigenvalue weighted by Crippen LogP contribution is -2.26. The summed E-state index contributed by atoms with van der Waals surface area (Å²) in [6, 6.07) is 5.68. The first-order valence-corrected chi connectivity index (χ1v) is 5.51. The number of nitrogens with zero attached hydrogens (tertiary/aromatic N) is 3. The maximum Gasteiger partial charge on any atom is 0.221 e. The molecule has 8 heteroatoms. The van der Waals surface area contributed by atoms with Crippen molar-refractivity contribution in [1.29, 1.82) is 0 Å². The highest BCUT2D eigenvalue weighted by atomic mass is 35.5. The molecule has 0 radical (unpaired) electrons. The first-order chi connectivity index (χ1) is 8.31. The van der Waals surface area contributed by atoms with E-state index in [-0.39, 0.29) is 30.7 Å². The molecule has 0 spiro atoms. The van der Waals surface area contributed by atoms with Crippen molar-refractivity contribution in [3.8, 4) is 0 Å². The van der Waals surface area contributed by atoms with Crippen molar-refractivity contribution in [2.24, 2.45) is 0 Å². The summed E-state index contributed by atoms with van der Waals surface area (Å²) in [5.41, 5.74) is 0.784. The largest absolute Gasteiger partial charge is 0.349 e. The summed E-state index contributed by atoms with van der Waals surface area (Å²) in [5.74, 6) is 0.741. The molecule has 0 bridgehead atoms. The molecular weight excluding hydrogens is 289 g/mol. The van der Waals surface area contributed by atoms with Crippen molar-refractivity contribution >= 4 is 36.4 Å². The van der Waals surface area contributed by atoms with E-state index in [2.05, 4.69) is 20.8 Å². The molecule has 0 fully saturated rings. The number of carbonyl (C=O) groups excluding carboxylic acids is 1. The predicted molar refractivity (Wildman–Crippen MR) is 77.9 cm³/mol. The molecule has 2 aromatic heterocycles. The second-order valence-electron chi connectivity index (χ2n) is 3.68. The third-order valence-corrected chi connectivity index (χ3v) is 2.43. The molecule has 0 saturated heterocycles. The van der Waals surface area contributed by atoms with Crippen molar-refractivity contribution in [3.05, 3.63) is 30.2 Å². The maximum atomic E-state index is 11.4. The van der Waals surface area contributed by atoms with E-state index in [4.69, 9.17) is 0 Å². The van der Waals surface area contributed by atoms with Gasteiger partial charge in [-0.25, -0.2) is 0 Å². The van der Waals surface area contributed by atoms with E-state index in [1.54, 1.807) is 0 Å². The Kier molecular flexibility index (Phi) is 8.06. The monoisotopic (exact) mass is 305 g/mol. The third-order valence-electron chi connectivity index (χ3n) is 2.43. The van der Waals surface area contributed by atoms with Crippen molar-refractivity contribution in [3.63, 3.8) is 0 Å². The molecule has 2 N–H and O–H groups in total. The minimum atomic E-state index is 0. The molecule has 0 atom stereocenters. The molecule has 2 aromatic rings. The highest BCUT2D eigenvalue weighted by Gasteiger charge is 2.06. The van der Waals surface area contributed by atoms with E-state index in [0.717, 1.165) is 11.5 Å². The zero-order valence-corrected chi connectivity index (χ0v) is 12.1. The first-order valence-electron chi connectivity index (χ1n) is 5.51. The first kappa shape index (κ1) is 17.6. The molecule has 106 valence electrons. The fourth-order valence-corrected chi connectivity index (χ4v) is 1.52. The quantitative estimate of drug-likeness (QED) is 0.857. The highest BCUT2D eigenvalue weighted by Crippen LogP contribution is 2.02. The van der Waals surface area contributed by atoms with Crippen LogP contribution in [0, 0.1) is 0 Å². The standard InChI is InChI=1S/C11H15N5O.2ClH/c1-12-6-5-11(17)13-8-10-15-14-9-4-2-3-7-16(9)10;;/h2-4,7,12H,5-6,8H2,1H3,(H,13,17);2*1H. The van der Waals surface area contributed by atoms with Gasteiger partial charge in [0.1, 0.15) is 0 Å². The van der Waals surface area contributed by atoms with E-state index < -0.39 is 0 Å². The highest BCUT2D eigenvalue weighted by molar-refractivity contribution is 5.85. The van der Waals surface area contributed by atoms with Gasteiger partial charge >= 0.3 is 0 Å². The summed E-state index contributed by atoms with van der Waals surface area (Å²) in [6.07, 6.45) is 2.34. The van der Waals surface area contributed by atoms with Gasteiger partial charge in [0.2, 0.25) is 5.91 Å². The number of hydrogen-bond acceptors (Lipinski definition) is 4. The van der Waals surface area contributed by atoms with Gasteiger partial charge in [0.15, 0.2) is 11.5 Å². The normalized spacial score (nSPS) is 9.53. The second-order valence-corrected chi connectivity index (χ2v) is 3.68. The van der Waals surface area contributed by atoms with Crippen LogP contribution in [0.25, 0.3) is 5.65 Å². The van der Waals surface area contributed by atoms with Crippen molar-refractivity contribution < 1.29 is 4.79 Å². The van der Waals surface area contributed by atoms with Crippen LogP contribution in [0.15, 0.2) is 24.4 Å². The molecule has 0 aromatic carbocycles. The van der Waals surface area contributed by atoms with Gasteiger partial charge in [-0.05, 0) is 19.2 Å². The van der Waals surface area contributed by atoms with Gasteiger partial charge in [0, 0.05) is 19.2 Å². The van der Waals surface area contributed by atoms with E-state index in [9.17, 15) is 4.79 Å². The summed E-state index contributed by atoms with van der Waals surface area (Å²) < 4.78 is 1.86. The van der Waals surface area contributed by atoms with Crippen LogP contribution in [0.4, 0.5) is 0 Å². The van der Waals surface area contributed by atoms with Crippen LogP contribution in [-0.4, -0.2) is 34.1 Å². The zero-order valence-electron chi connectivity index (χ0n) is 10.5. The molecule has 2 rings (SSSR count). The third kappa shape index (κ3) is 4.66. The number of hydrogen-bond donors (Lipinski definition) is 2. The molecule has 0 saturated carbocycles. The van der Waals surface area contributed by atoms with Gasteiger partial charge in [-0.2, -0.15) is 0 Å². The molecule has 6 nitrogen and oxygen atoms in total. The molecule has 0 aliphatic carbocycles. The minimum absolute atomic E-state index is 0. The topological polar surface area (TPSA) is 71.3 Å². The average Bonchev–Trinajstić information content (AvgIpc) is 2.77. The Bertz CT molecular complexity index is 517. The van der Waals surface area contributed by atoms with Gasteiger partial charge in [0.05, 0.1) is 6.54 Å². The molecule has 0 aliphatic rings. The van der Waals surface area contributed by atoms with Crippen LogP contribution in [0.5, 0.6) is 0 Å². The number of halogens is 2. The van der Waals surface area contributed by atoms with Gasteiger partial charge in [0.25, 0.3) is 0 Å². The van der Waals surface area contributed by atoms with Crippen molar-refractivity contribution in [2.75, 3.05) is 13.6 Å². The summed E-state index contributed by atoms with van der Waals surface area (Å²) in [4.78, 5) is 11.4. The Morgan fingerprint density at radius 1 is 1.32 bits per heavy atom. The fraction of sp³-hybridized carbons (Fsp3) is 0.364. The van der Waals surface area contributed by atoms with E-state index >= 15 is 0 Å². The van der Waals surface area contributed by atoms with Gasteiger partial charge in [-0.3, -0.25) is 9.20 Å². The van der Waals surface area contributed by atoms with Crippen LogP contribution < -0.4 is 10.6 Å². The van der Waals surface area contributed by atoms with Crippen molar-refractivity contribution in [1.82, 2.24) is 25.2 Å². The Hall–Kier alpha value is -1.37. The van der Waals surface area contributed by atoms with Crippen LogP contribution in [0.2, 0.25) is 0 Å². The number of aromatic nitrogens is 3. The molecular formula is C11H17Cl2N5O. The summed E-state index contributed by atoms with van der Waals surface area (Å²) in [6.45, 7) is 1.07. The fourth-order valence-electron chi connectivity index (χ4n) is 1.52. The Labute approximate surface area is 123 Å². The van der Waals surface area contributed by atoms with Crippen LogP contribution in [0.1, 0.15) is 12.2 Å². The van der Waals surface area contributed by atoms with Gasteiger partial charge in [-0.15, -0.1) is 35.0 Å². The van der Waals surface area contributed by atoms with E-state index in [1.165, 1.54) is 0 Å². The molecule has 0 unspecified atom stereocenters. The molecule has 2 heterocycles. The van der Waals surface area contributed by atoms with Crippen molar-refractivity contribution in [2.45, 2.75) is 13.0 Å².